The summed E-state index contributed by atoms with van der Waals surface area (Å²) in [5.74, 6) is 0.445. The Labute approximate surface area is 104 Å². The van der Waals surface area contributed by atoms with E-state index in [0.717, 1.165) is 13.1 Å². The van der Waals surface area contributed by atoms with Crippen molar-refractivity contribution < 1.29 is 4.79 Å². The van der Waals surface area contributed by atoms with Crippen LogP contribution in [0, 0.1) is 5.92 Å². The quantitative estimate of drug-likeness (QED) is 0.760. The molecule has 1 amide bonds. The first-order valence-electron chi connectivity index (χ1n) is 6.90. The van der Waals surface area contributed by atoms with Gasteiger partial charge in [-0.15, -0.1) is 0 Å². The highest BCUT2D eigenvalue weighted by Gasteiger charge is 2.27. The second kappa shape index (κ2) is 5.83. The molecule has 2 aliphatic rings. The third-order valence-electron chi connectivity index (χ3n) is 3.94. The van der Waals surface area contributed by atoms with Gasteiger partial charge in [0.05, 0.1) is 6.54 Å². The summed E-state index contributed by atoms with van der Waals surface area (Å²) in [7, 11) is 0. The Bertz CT molecular complexity index is 263. The van der Waals surface area contributed by atoms with Crippen molar-refractivity contribution in [3.63, 3.8) is 0 Å². The van der Waals surface area contributed by atoms with Crippen molar-refractivity contribution >= 4 is 5.91 Å². The molecule has 1 heterocycles. The minimum absolute atomic E-state index is 0.210. The van der Waals surface area contributed by atoms with E-state index in [1.165, 1.54) is 32.1 Å². The minimum Gasteiger partial charge on any atom is -0.369 e. The average molecular weight is 239 g/mol. The molecule has 4 nitrogen and oxygen atoms in total. The van der Waals surface area contributed by atoms with E-state index in [1.807, 2.05) is 0 Å². The molecule has 1 saturated heterocycles. The maximum absolute atomic E-state index is 11.0. The smallest absolute Gasteiger partial charge is 0.231 e. The van der Waals surface area contributed by atoms with Crippen molar-refractivity contribution in [3.8, 4) is 0 Å². The maximum atomic E-state index is 11.0. The van der Waals surface area contributed by atoms with Crippen LogP contribution >= 0.6 is 0 Å². The summed E-state index contributed by atoms with van der Waals surface area (Å²) >= 11 is 0. The summed E-state index contributed by atoms with van der Waals surface area (Å²) in [5.41, 5.74) is 5.28. The number of carbonyl (C=O) groups excluding carboxylic acids is 1. The van der Waals surface area contributed by atoms with Crippen molar-refractivity contribution in [2.75, 3.05) is 19.6 Å². The van der Waals surface area contributed by atoms with Gasteiger partial charge < -0.3 is 11.1 Å². The van der Waals surface area contributed by atoms with Crippen LogP contribution in [0.4, 0.5) is 0 Å². The van der Waals surface area contributed by atoms with Gasteiger partial charge in [-0.2, -0.15) is 0 Å². The van der Waals surface area contributed by atoms with Crippen molar-refractivity contribution in [2.24, 2.45) is 11.7 Å². The minimum atomic E-state index is -0.210. The Morgan fingerprint density at radius 1 is 1.29 bits per heavy atom. The number of amides is 1. The monoisotopic (exact) mass is 239 g/mol. The molecule has 2 rings (SSSR count). The van der Waals surface area contributed by atoms with Gasteiger partial charge in [-0.1, -0.05) is 19.8 Å². The second-order valence-corrected chi connectivity index (χ2v) is 5.85. The van der Waals surface area contributed by atoms with Crippen molar-refractivity contribution in [3.05, 3.63) is 0 Å². The lowest BCUT2D eigenvalue weighted by atomic mass is 9.95. The zero-order valence-electron chi connectivity index (χ0n) is 10.8. The molecule has 2 atom stereocenters. The van der Waals surface area contributed by atoms with Crippen molar-refractivity contribution in [2.45, 2.75) is 51.1 Å². The normalized spacial score (nSPS) is 31.8. The molecule has 2 fully saturated rings. The molecule has 1 saturated carbocycles. The molecule has 0 aromatic carbocycles. The zero-order chi connectivity index (χ0) is 12.3. The van der Waals surface area contributed by atoms with Crippen LogP contribution in [0.25, 0.3) is 0 Å². The molecule has 0 aromatic heterocycles. The third-order valence-corrected chi connectivity index (χ3v) is 3.94. The summed E-state index contributed by atoms with van der Waals surface area (Å²) in [6.45, 7) is 4.65. The first-order valence-corrected chi connectivity index (χ1v) is 6.90. The third kappa shape index (κ3) is 3.96. The lowest BCUT2D eigenvalue weighted by Crippen LogP contribution is -2.52. The van der Waals surface area contributed by atoms with E-state index in [0.29, 0.717) is 24.5 Å². The number of rotatable bonds is 4. The molecule has 1 aliphatic carbocycles. The summed E-state index contributed by atoms with van der Waals surface area (Å²) in [6.07, 6.45) is 6.60. The number of hydrogen-bond donors (Lipinski definition) is 2. The predicted octanol–water partition coefficient (Wildman–Crippen LogP) is 0.714. The largest absolute Gasteiger partial charge is 0.369 e. The predicted molar refractivity (Wildman–Crippen MR) is 68.6 cm³/mol. The molecular formula is C13H25N3O. The standard InChI is InChI=1S/C13H25N3O/c1-10-6-12(15-11-4-2-3-5-11)8-16(7-10)9-13(14)17/h10-12,15H,2-9H2,1H3,(H2,14,17). The highest BCUT2D eigenvalue weighted by atomic mass is 16.1. The van der Waals surface area contributed by atoms with Crippen LogP contribution in [-0.4, -0.2) is 42.5 Å². The molecule has 1 aliphatic heterocycles. The van der Waals surface area contributed by atoms with E-state index in [4.69, 9.17) is 5.73 Å². The summed E-state index contributed by atoms with van der Waals surface area (Å²) < 4.78 is 0. The number of nitrogens with zero attached hydrogens (tertiary/aromatic N) is 1. The van der Waals surface area contributed by atoms with Gasteiger partial charge in [0.15, 0.2) is 0 Å². The lowest BCUT2D eigenvalue weighted by molar-refractivity contribution is -0.119. The van der Waals surface area contributed by atoms with Gasteiger partial charge in [0.2, 0.25) is 5.91 Å². The van der Waals surface area contributed by atoms with Gasteiger partial charge in [0, 0.05) is 25.2 Å². The van der Waals surface area contributed by atoms with Crippen LogP contribution in [-0.2, 0) is 4.79 Å². The van der Waals surface area contributed by atoms with Crippen molar-refractivity contribution in [1.29, 1.82) is 0 Å². The Morgan fingerprint density at radius 3 is 2.65 bits per heavy atom. The van der Waals surface area contributed by atoms with Crippen LogP contribution in [0.5, 0.6) is 0 Å². The topological polar surface area (TPSA) is 58.4 Å². The van der Waals surface area contributed by atoms with E-state index >= 15 is 0 Å². The zero-order valence-corrected chi connectivity index (χ0v) is 10.8. The summed E-state index contributed by atoms with van der Waals surface area (Å²) in [6, 6.07) is 1.25. The Kier molecular flexibility index (Phi) is 4.40. The fourth-order valence-corrected chi connectivity index (χ4v) is 3.36. The van der Waals surface area contributed by atoms with E-state index in [1.54, 1.807) is 0 Å². The molecule has 0 radical (unpaired) electrons. The molecule has 2 unspecified atom stereocenters. The fourth-order valence-electron chi connectivity index (χ4n) is 3.36. The first kappa shape index (κ1) is 12.8. The van der Waals surface area contributed by atoms with Gasteiger partial charge in [-0.3, -0.25) is 9.69 Å². The molecule has 17 heavy (non-hydrogen) atoms. The Morgan fingerprint density at radius 2 is 2.00 bits per heavy atom. The van der Waals surface area contributed by atoms with Crippen LogP contribution in [0.3, 0.4) is 0 Å². The maximum Gasteiger partial charge on any atom is 0.231 e. The average Bonchev–Trinajstić information content (AvgIpc) is 2.67. The molecule has 0 aromatic rings. The SMILES string of the molecule is CC1CC(NC2CCCC2)CN(CC(N)=O)C1. The van der Waals surface area contributed by atoms with Crippen molar-refractivity contribution in [1.82, 2.24) is 10.2 Å². The number of nitrogens with two attached hydrogens (primary N) is 1. The Hall–Kier alpha value is -0.610. The molecule has 0 bridgehead atoms. The number of hydrogen-bond acceptors (Lipinski definition) is 3. The molecule has 4 heteroatoms. The van der Waals surface area contributed by atoms with Gasteiger partial charge in [-0.25, -0.2) is 0 Å². The Balaban J connectivity index is 1.82. The van der Waals surface area contributed by atoms with Gasteiger partial charge in [0.25, 0.3) is 0 Å². The highest BCUT2D eigenvalue weighted by molar-refractivity contribution is 5.75. The number of primary amides is 1. The number of piperidine rings is 1. The van der Waals surface area contributed by atoms with Crippen LogP contribution < -0.4 is 11.1 Å². The summed E-state index contributed by atoms with van der Waals surface area (Å²) in [4.78, 5) is 13.2. The molecule has 3 N–H and O–H groups in total. The van der Waals surface area contributed by atoms with E-state index < -0.39 is 0 Å². The number of likely N-dealkylation sites (tertiary alicyclic amines) is 1. The van der Waals surface area contributed by atoms with Gasteiger partial charge in [-0.05, 0) is 25.2 Å². The summed E-state index contributed by atoms with van der Waals surface area (Å²) in [5, 5.41) is 3.76. The van der Waals surface area contributed by atoms with Gasteiger partial charge >= 0.3 is 0 Å². The second-order valence-electron chi connectivity index (χ2n) is 5.85. The van der Waals surface area contributed by atoms with Crippen LogP contribution in [0.15, 0.2) is 0 Å². The van der Waals surface area contributed by atoms with E-state index in [-0.39, 0.29) is 5.91 Å². The van der Waals surface area contributed by atoms with Gasteiger partial charge in [0.1, 0.15) is 0 Å². The molecule has 0 spiro atoms. The number of nitrogens with one attached hydrogen (secondary N) is 1. The number of carbonyl (C=O) groups is 1. The van der Waals surface area contributed by atoms with Crippen LogP contribution in [0.2, 0.25) is 0 Å². The van der Waals surface area contributed by atoms with Crippen LogP contribution in [0.1, 0.15) is 39.0 Å². The molecule has 98 valence electrons. The lowest BCUT2D eigenvalue weighted by Gasteiger charge is -2.37. The highest BCUT2D eigenvalue weighted by Crippen LogP contribution is 2.22. The first-order chi connectivity index (χ1) is 8.13. The molecular weight excluding hydrogens is 214 g/mol. The fraction of sp³-hybridized carbons (Fsp3) is 0.923. The van der Waals surface area contributed by atoms with E-state index in [2.05, 4.69) is 17.1 Å². The van der Waals surface area contributed by atoms with E-state index in [9.17, 15) is 4.79 Å².